The Labute approximate surface area is 180 Å². The molecule has 162 valence electrons. The van der Waals surface area contributed by atoms with E-state index < -0.39 is 11.9 Å². The molecule has 0 atom stereocenters. The van der Waals surface area contributed by atoms with E-state index in [1.54, 1.807) is 12.1 Å². The summed E-state index contributed by atoms with van der Waals surface area (Å²) < 4.78 is 15.5. The molecule has 1 N–H and O–H groups in total. The molecular weight excluding hydrogens is 398 g/mol. The molecule has 0 saturated heterocycles. The number of benzene rings is 2. The van der Waals surface area contributed by atoms with Crippen LogP contribution in [0.2, 0.25) is 0 Å². The van der Waals surface area contributed by atoms with Crippen LogP contribution in [-0.4, -0.2) is 31.1 Å². The number of aryl methyl sites for hydroxylation is 2. The lowest BCUT2D eigenvalue weighted by atomic mass is 9.89. The van der Waals surface area contributed by atoms with Crippen LogP contribution in [0.4, 0.5) is 0 Å². The number of Topliss-reactive ketones (excluding diaryl/α,β-unsaturated/α-hetero) is 1. The Morgan fingerprint density at radius 3 is 2.58 bits per heavy atom. The number of carbonyl (C=O) groups excluding carboxylic acids is 3. The molecule has 31 heavy (non-hydrogen) atoms. The zero-order valence-corrected chi connectivity index (χ0v) is 17.3. The van der Waals surface area contributed by atoms with Crippen molar-refractivity contribution in [1.29, 1.82) is 0 Å². The Morgan fingerprint density at radius 1 is 0.903 bits per heavy atom. The van der Waals surface area contributed by atoms with Gasteiger partial charge in [-0.15, -0.1) is 0 Å². The van der Waals surface area contributed by atoms with Crippen molar-refractivity contribution < 1.29 is 28.6 Å². The van der Waals surface area contributed by atoms with Gasteiger partial charge in [0.25, 0.3) is 5.91 Å². The minimum Gasteiger partial charge on any atom is -0.456 e. The Morgan fingerprint density at radius 2 is 1.71 bits per heavy atom. The molecule has 1 aliphatic carbocycles. The van der Waals surface area contributed by atoms with Crippen LogP contribution >= 0.6 is 0 Å². The van der Waals surface area contributed by atoms with Crippen LogP contribution < -0.4 is 14.8 Å². The summed E-state index contributed by atoms with van der Waals surface area (Å²) in [5, 5.41) is 2.69. The van der Waals surface area contributed by atoms with Gasteiger partial charge in [0.1, 0.15) is 0 Å². The van der Waals surface area contributed by atoms with Crippen molar-refractivity contribution in [3.8, 4) is 11.5 Å². The lowest BCUT2D eigenvalue weighted by molar-refractivity contribution is -0.148. The summed E-state index contributed by atoms with van der Waals surface area (Å²) in [7, 11) is 0. The summed E-state index contributed by atoms with van der Waals surface area (Å²) in [6.07, 6.45) is 4.42. The molecule has 0 aromatic heterocycles. The van der Waals surface area contributed by atoms with E-state index >= 15 is 0 Å². The van der Waals surface area contributed by atoms with Crippen LogP contribution in [0.15, 0.2) is 36.4 Å². The number of nitrogens with one attached hydrogen (secondary N) is 1. The maximum absolute atomic E-state index is 12.4. The van der Waals surface area contributed by atoms with Crippen molar-refractivity contribution in [2.75, 3.05) is 13.4 Å². The van der Waals surface area contributed by atoms with Crippen LogP contribution in [0.1, 0.15) is 52.7 Å². The second kappa shape index (κ2) is 9.64. The molecule has 4 rings (SSSR count). The lowest BCUT2D eigenvalue weighted by Gasteiger charge is -2.16. The predicted molar refractivity (Wildman–Crippen MR) is 112 cm³/mol. The lowest BCUT2D eigenvalue weighted by Crippen LogP contribution is -2.28. The molecule has 0 fully saturated rings. The zero-order valence-electron chi connectivity index (χ0n) is 17.3. The molecule has 0 bridgehead atoms. The second-order valence-corrected chi connectivity index (χ2v) is 7.74. The van der Waals surface area contributed by atoms with Gasteiger partial charge in [0.05, 0.1) is 6.42 Å². The first-order chi connectivity index (χ1) is 15.1. The third kappa shape index (κ3) is 5.42. The Kier molecular flexibility index (Phi) is 6.50. The normalized spacial score (nSPS) is 13.9. The summed E-state index contributed by atoms with van der Waals surface area (Å²) in [4.78, 5) is 36.3. The summed E-state index contributed by atoms with van der Waals surface area (Å²) >= 11 is 0. The van der Waals surface area contributed by atoms with Crippen molar-refractivity contribution in [3.05, 3.63) is 58.7 Å². The minimum atomic E-state index is -0.565. The smallest absolute Gasteiger partial charge is 0.306 e. The fourth-order valence-corrected chi connectivity index (χ4v) is 3.79. The minimum absolute atomic E-state index is 0.0502. The molecule has 0 saturated carbocycles. The maximum Gasteiger partial charge on any atom is 0.306 e. The molecule has 2 aliphatic rings. The van der Waals surface area contributed by atoms with Crippen LogP contribution in [-0.2, 0) is 33.7 Å². The molecule has 2 aromatic rings. The quantitative estimate of drug-likeness (QED) is 0.518. The first kappa shape index (κ1) is 20.9. The standard InChI is InChI=1S/C24H25NO6/c26-20(19-7-6-17-3-1-2-4-18(17)12-19)8-10-24(28)29-14-23(27)25-13-16-5-9-21-22(11-16)31-15-30-21/h5-7,9,11-12H,1-4,8,10,13-15H2,(H,25,27). The third-order valence-corrected chi connectivity index (χ3v) is 5.52. The predicted octanol–water partition coefficient (Wildman–Crippen LogP) is 3.12. The summed E-state index contributed by atoms with van der Waals surface area (Å²) in [5.74, 6) is 0.255. The highest BCUT2D eigenvalue weighted by Crippen LogP contribution is 2.32. The highest BCUT2D eigenvalue weighted by molar-refractivity contribution is 5.97. The van der Waals surface area contributed by atoms with Gasteiger partial charge in [0.2, 0.25) is 6.79 Å². The van der Waals surface area contributed by atoms with Gasteiger partial charge >= 0.3 is 5.97 Å². The van der Waals surface area contributed by atoms with Gasteiger partial charge < -0.3 is 19.5 Å². The van der Waals surface area contributed by atoms with Crippen molar-refractivity contribution in [3.63, 3.8) is 0 Å². The van der Waals surface area contributed by atoms with Crippen molar-refractivity contribution >= 4 is 17.7 Å². The molecule has 7 heteroatoms. The number of rotatable bonds is 8. The third-order valence-electron chi connectivity index (χ3n) is 5.52. The van der Waals surface area contributed by atoms with Gasteiger partial charge in [0.15, 0.2) is 23.9 Å². The number of fused-ring (bicyclic) bond motifs is 2. The van der Waals surface area contributed by atoms with Gasteiger partial charge in [-0.3, -0.25) is 14.4 Å². The fraction of sp³-hybridized carbons (Fsp3) is 0.375. The number of carbonyl (C=O) groups is 3. The second-order valence-electron chi connectivity index (χ2n) is 7.74. The van der Waals surface area contributed by atoms with Gasteiger partial charge in [-0.05, 0) is 60.6 Å². The number of amides is 1. The van der Waals surface area contributed by atoms with E-state index in [0.717, 1.165) is 24.8 Å². The number of hydrogen-bond acceptors (Lipinski definition) is 6. The van der Waals surface area contributed by atoms with E-state index in [1.807, 2.05) is 24.3 Å². The first-order valence-corrected chi connectivity index (χ1v) is 10.5. The molecule has 7 nitrogen and oxygen atoms in total. The van der Waals surface area contributed by atoms with Gasteiger partial charge in [-0.25, -0.2) is 0 Å². The van der Waals surface area contributed by atoms with Crippen LogP contribution in [0, 0.1) is 0 Å². The fourth-order valence-electron chi connectivity index (χ4n) is 3.79. The molecule has 0 radical (unpaired) electrons. The maximum atomic E-state index is 12.4. The molecule has 0 unspecified atom stereocenters. The van der Waals surface area contributed by atoms with Gasteiger partial charge in [-0.1, -0.05) is 18.2 Å². The highest BCUT2D eigenvalue weighted by atomic mass is 16.7. The summed E-state index contributed by atoms with van der Waals surface area (Å²) in [5.41, 5.74) is 4.03. The van der Waals surface area contributed by atoms with E-state index in [9.17, 15) is 14.4 Å². The Balaban J connectivity index is 1.17. The molecule has 2 aromatic carbocycles. The largest absolute Gasteiger partial charge is 0.456 e. The van der Waals surface area contributed by atoms with Gasteiger partial charge in [0, 0.05) is 18.5 Å². The van der Waals surface area contributed by atoms with Crippen LogP contribution in [0.5, 0.6) is 11.5 Å². The van der Waals surface area contributed by atoms with Crippen LogP contribution in [0.3, 0.4) is 0 Å². The van der Waals surface area contributed by atoms with E-state index in [0.29, 0.717) is 17.1 Å². The molecule has 1 aliphatic heterocycles. The first-order valence-electron chi connectivity index (χ1n) is 10.5. The van der Waals surface area contributed by atoms with Crippen molar-refractivity contribution in [2.24, 2.45) is 0 Å². The van der Waals surface area contributed by atoms with E-state index in [1.165, 1.54) is 17.5 Å². The topological polar surface area (TPSA) is 90.9 Å². The number of hydrogen-bond donors (Lipinski definition) is 1. The molecule has 1 heterocycles. The zero-order chi connectivity index (χ0) is 21.6. The van der Waals surface area contributed by atoms with E-state index in [4.69, 9.17) is 14.2 Å². The van der Waals surface area contributed by atoms with Gasteiger partial charge in [-0.2, -0.15) is 0 Å². The SMILES string of the molecule is O=C(COC(=O)CCC(=O)c1ccc2c(c1)CCCC2)NCc1ccc2c(c1)OCO2. The number of ether oxygens (including phenoxy) is 3. The molecule has 1 amide bonds. The highest BCUT2D eigenvalue weighted by Gasteiger charge is 2.16. The summed E-state index contributed by atoms with van der Waals surface area (Å²) in [6.45, 7) is 0.0936. The monoisotopic (exact) mass is 423 g/mol. The van der Waals surface area contributed by atoms with E-state index in [2.05, 4.69) is 5.32 Å². The van der Waals surface area contributed by atoms with Crippen LogP contribution in [0.25, 0.3) is 0 Å². The Hall–Kier alpha value is -3.35. The number of ketones is 1. The van der Waals surface area contributed by atoms with Crippen molar-refractivity contribution in [2.45, 2.75) is 45.1 Å². The Bertz CT molecular complexity index is 1000. The van der Waals surface area contributed by atoms with E-state index in [-0.39, 0.29) is 38.6 Å². The average molecular weight is 423 g/mol. The average Bonchev–Trinajstić information content (AvgIpc) is 3.27. The number of esters is 1. The molecule has 0 spiro atoms. The summed E-state index contributed by atoms with van der Waals surface area (Å²) in [6, 6.07) is 11.2. The molecular formula is C24H25NO6. The van der Waals surface area contributed by atoms with Crippen molar-refractivity contribution in [1.82, 2.24) is 5.32 Å².